The number of nitrogens with zero attached hydrogens (tertiary/aromatic N) is 2. The number of amides is 1. The van der Waals surface area contributed by atoms with E-state index < -0.39 is 12.1 Å². The average molecular weight is 296 g/mol. The minimum absolute atomic E-state index is 0.00509. The van der Waals surface area contributed by atoms with Gasteiger partial charge in [0.1, 0.15) is 0 Å². The zero-order valence-corrected chi connectivity index (χ0v) is 11.7. The van der Waals surface area contributed by atoms with Crippen LogP contribution in [0.25, 0.3) is 0 Å². The van der Waals surface area contributed by atoms with Gasteiger partial charge < -0.3 is 14.7 Å². The molecule has 0 saturated carbocycles. The van der Waals surface area contributed by atoms with Crippen LogP contribution in [0.4, 0.5) is 0 Å². The number of rotatable bonds is 5. The van der Waals surface area contributed by atoms with Crippen LogP contribution >= 0.6 is 11.8 Å². The van der Waals surface area contributed by atoms with E-state index in [0.29, 0.717) is 25.4 Å². The van der Waals surface area contributed by atoms with Crippen molar-refractivity contribution in [1.82, 2.24) is 9.88 Å². The van der Waals surface area contributed by atoms with Gasteiger partial charge in [0.25, 0.3) is 0 Å². The largest absolute Gasteiger partial charge is 0.481 e. The van der Waals surface area contributed by atoms with Gasteiger partial charge in [-0.25, -0.2) is 0 Å². The molecule has 0 radical (unpaired) electrons. The predicted octanol–water partition coefficient (Wildman–Crippen LogP) is 0.876. The van der Waals surface area contributed by atoms with E-state index in [1.54, 1.807) is 17.3 Å². The number of carboxylic acids is 1. The van der Waals surface area contributed by atoms with E-state index >= 15 is 0 Å². The van der Waals surface area contributed by atoms with Crippen molar-refractivity contribution in [2.75, 3.05) is 25.4 Å². The summed E-state index contributed by atoms with van der Waals surface area (Å²) in [6.45, 7) is 1.26. The van der Waals surface area contributed by atoms with E-state index in [1.165, 1.54) is 11.8 Å². The van der Waals surface area contributed by atoms with Gasteiger partial charge in [-0.05, 0) is 12.1 Å². The Bertz CT molecular complexity index is 469. The third kappa shape index (κ3) is 4.50. The number of hydrogen-bond donors (Lipinski definition) is 1. The fourth-order valence-electron chi connectivity index (χ4n) is 1.93. The number of carboxylic acid groups (broad SMARTS) is 1. The van der Waals surface area contributed by atoms with E-state index in [9.17, 15) is 9.59 Å². The first kappa shape index (κ1) is 14.8. The van der Waals surface area contributed by atoms with Crippen LogP contribution in [0.5, 0.6) is 0 Å². The zero-order valence-electron chi connectivity index (χ0n) is 10.9. The van der Waals surface area contributed by atoms with Crippen LogP contribution in [0, 0.1) is 0 Å². The minimum atomic E-state index is -0.907. The molecule has 2 rings (SSSR count). The van der Waals surface area contributed by atoms with Gasteiger partial charge >= 0.3 is 5.97 Å². The van der Waals surface area contributed by atoms with Crippen LogP contribution in [0.3, 0.4) is 0 Å². The number of pyridine rings is 1. The highest BCUT2D eigenvalue weighted by Gasteiger charge is 2.25. The summed E-state index contributed by atoms with van der Waals surface area (Å²) < 4.78 is 5.34. The zero-order chi connectivity index (χ0) is 14.4. The summed E-state index contributed by atoms with van der Waals surface area (Å²) in [5.74, 6) is -0.565. The van der Waals surface area contributed by atoms with E-state index in [0.717, 1.165) is 4.90 Å². The van der Waals surface area contributed by atoms with Gasteiger partial charge in [-0.1, -0.05) is 0 Å². The van der Waals surface area contributed by atoms with Crippen molar-refractivity contribution >= 4 is 23.6 Å². The number of carbonyl (C=O) groups excluding carboxylic acids is 1. The maximum absolute atomic E-state index is 12.1. The number of aliphatic carboxylic acids is 1. The summed E-state index contributed by atoms with van der Waals surface area (Å²) in [6.07, 6.45) is 2.90. The SMILES string of the molecule is O=C(O)CC1CN(C(=O)CSc2ccncc2)CCO1. The Labute approximate surface area is 121 Å². The molecule has 2 heterocycles. The Morgan fingerprint density at radius 2 is 2.20 bits per heavy atom. The lowest BCUT2D eigenvalue weighted by molar-refractivity contribution is -0.146. The molecule has 0 aromatic carbocycles. The monoisotopic (exact) mass is 296 g/mol. The van der Waals surface area contributed by atoms with Crippen molar-refractivity contribution < 1.29 is 19.4 Å². The van der Waals surface area contributed by atoms with Crippen LogP contribution in [0.15, 0.2) is 29.4 Å². The van der Waals surface area contributed by atoms with Crippen LogP contribution in [0.2, 0.25) is 0 Å². The molecule has 1 fully saturated rings. The van der Waals surface area contributed by atoms with Crippen molar-refractivity contribution in [2.45, 2.75) is 17.4 Å². The molecule has 7 heteroatoms. The van der Waals surface area contributed by atoms with Gasteiger partial charge in [-0.2, -0.15) is 0 Å². The molecule has 6 nitrogen and oxygen atoms in total. The molecule has 1 aromatic heterocycles. The predicted molar refractivity (Wildman–Crippen MR) is 73.5 cm³/mol. The lowest BCUT2D eigenvalue weighted by Crippen LogP contribution is -2.46. The first-order valence-electron chi connectivity index (χ1n) is 6.29. The van der Waals surface area contributed by atoms with Crippen molar-refractivity contribution in [2.24, 2.45) is 0 Å². The second-order valence-electron chi connectivity index (χ2n) is 4.40. The Morgan fingerprint density at radius 3 is 2.90 bits per heavy atom. The fourth-order valence-corrected chi connectivity index (χ4v) is 2.72. The number of morpholine rings is 1. The lowest BCUT2D eigenvalue weighted by atomic mass is 10.2. The lowest BCUT2D eigenvalue weighted by Gasteiger charge is -2.32. The van der Waals surface area contributed by atoms with Gasteiger partial charge in [-0.3, -0.25) is 14.6 Å². The van der Waals surface area contributed by atoms with Crippen molar-refractivity contribution in [3.63, 3.8) is 0 Å². The molecule has 1 saturated heterocycles. The number of aromatic nitrogens is 1. The molecule has 1 N–H and O–H groups in total. The normalized spacial score (nSPS) is 18.8. The third-order valence-electron chi connectivity index (χ3n) is 2.91. The maximum atomic E-state index is 12.1. The molecular formula is C13H16N2O4S. The minimum Gasteiger partial charge on any atom is -0.481 e. The van der Waals surface area contributed by atoms with Gasteiger partial charge in [0.15, 0.2) is 0 Å². The fraction of sp³-hybridized carbons (Fsp3) is 0.462. The summed E-state index contributed by atoms with van der Waals surface area (Å²) >= 11 is 1.45. The average Bonchev–Trinajstić information content (AvgIpc) is 2.45. The first-order valence-corrected chi connectivity index (χ1v) is 7.27. The van der Waals surface area contributed by atoms with E-state index in [-0.39, 0.29) is 12.3 Å². The molecule has 0 aliphatic carbocycles. The van der Waals surface area contributed by atoms with Crippen molar-refractivity contribution in [3.8, 4) is 0 Å². The Morgan fingerprint density at radius 1 is 1.45 bits per heavy atom. The van der Waals surface area contributed by atoms with Gasteiger partial charge in [0.2, 0.25) is 5.91 Å². The third-order valence-corrected chi connectivity index (χ3v) is 3.90. The molecule has 108 valence electrons. The van der Waals surface area contributed by atoms with Crippen molar-refractivity contribution in [3.05, 3.63) is 24.5 Å². The molecule has 1 aliphatic heterocycles. The molecule has 1 unspecified atom stereocenters. The number of carbonyl (C=O) groups is 2. The highest BCUT2D eigenvalue weighted by molar-refractivity contribution is 8.00. The first-order chi connectivity index (χ1) is 9.65. The van der Waals surface area contributed by atoms with E-state index in [4.69, 9.17) is 9.84 Å². The Hall–Kier alpha value is -1.60. The molecule has 1 atom stereocenters. The van der Waals surface area contributed by atoms with Gasteiger partial charge in [0, 0.05) is 30.4 Å². The molecule has 1 amide bonds. The summed E-state index contributed by atoms with van der Waals surface area (Å²) in [7, 11) is 0. The van der Waals surface area contributed by atoms with Crippen LogP contribution < -0.4 is 0 Å². The molecule has 0 bridgehead atoms. The van der Waals surface area contributed by atoms with Crippen molar-refractivity contribution in [1.29, 1.82) is 0 Å². The van der Waals surface area contributed by atoms with E-state index in [1.807, 2.05) is 12.1 Å². The number of ether oxygens (including phenoxy) is 1. The summed E-state index contributed by atoms with van der Waals surface area (Å²) in [6, 6.07) is 3.70. The smallest absolute Gasteiger partial charge is 0.306 e. The Kier molecular flexibility index (Phi) is 5.37. The van der Waals surface area contributed by atoms with Crippen LogP contribution in [-0.2, 0) is 14.3 Å². The van der Waals surface area contributed by atoms with E-state index in [2.05, 4.69) is 4.98 Å². The summed E-state index contributed by atoms with van der Waals surface area (Å²) in [4.78, 5) is 29.3. The van der Waals surface area contributed by atoms with Crippen LogP contribution in [0.1, 0.15) is 6.42 Å². The quantitative estimate of drug-likeness (QED) is 0.812. The highest BCUT2D eigenvalue weighted by atomic mass is 32.2. The Balaban J connectivity index is 1.81. The second kappa shape index (κ2) is 7.25. The second-order valence-corrected chi connectivity index (χ2v) is 5.45. The highest BCUT2D eigenvalue weighted by Crippen LogP contribution is 2.18. The summed E-state index contributed by atoms with van der Waals surface area (Å²) in [5, 5.41) is 8.75. The van der Waals surface area contributed by atoms with Gasteiger partial charge in [0.05, 0.1) is 24.9 Å². The molecule has 0 spiro atoms. The maximum Gasteiger partial charge on any atom is 0.306 e. The molecule has 1 aliphatic rings. The van der Waals surface area contributed by atoms with Crippen LogP contribution in [-0.4, -0.2) is 58.4 Å². The topological polar surface area (TPSA) is 79.7 Å². The molecule has 1 aromatic rings. The number of hydrogen-bond acceptors (Lipinski definition) is 5. The molecule has 20 heavy (non-hydrogen) atoms. The van der Waals surface area contributed by atoms with Gasteiger partial charge in [-0.15, -0.1) is 11.8 Å². The standard InChI is InChI=1S/C13H16N2O4S/c16-12(9-20-11-1-3-14-4-2-11)15-5-6-19-10(8-15)7-13(17)18/h1-4,10H,5-9H2,(H,17,18). The molecular weight excluding hydrogens is 280 g/mol. The number of thioether (sulfide) groups is 1. The summed E-state index contributed by atoms with van der Waals surface area (Å²) in [5.41, 5.74) is 0.